The number of carbonyl (C=O) groups excluding carboxylic acids is 1. The van der Waals surface area contributed by atoms with Gasteiger partial charge in [-0.3, -0.25) is 13.8 Å². The number of nitrogens with one attached hydrogen (secondary N) is 1. The number of aliphatic hydroxyl groups is 10. The summed E-state index contributed by atoms with van der Waals surface area (Å²) in [5.74, 6) is -0.805. The third-order valence-corrected chi connectivity index (χ3v) is 16.4. The number of rotatable bonds is 48. The molecule has 2 rings (SSSR count). The van der Waals surface area contributed by atoms with Crippen LogP contribution in [0.5, 0.6) is 0 Å². The molecule has 1 amide bonds. The predicted molar refractivity (Wildman–Crippen MR) is 289 cm³/mol. The van der Waals surface area contributed by atoms with Gasteiger partial charge in [-0.1, -0.05) is 239 Å². The summed E-state index contributed by atoms with van der Waals surface area (Å²) in [6.45, 7) is 2.81. The number of ether oxygens (including phenoxy) is 2. The molecule has 0 aromatic heterocycles. The largest absolute Gasteiger partial charge is 0.472 e. The zero-order valence-electron chi connectivity index (χ0n) is 46.5. The van der Waals surface area contributed by atoms with Crippen LogP contribution in [-0.4, -0.2) is 161 Å². The Labute approximate surface area is 451 Å². The molecule has 446 valence electrons. The molecule has 75 heavy (non-hydrogen) atoms. The quantitative estimate of drug-likeness (QED) is 0.0204. The molecule has 1 aliphatic carbocycles. The summed E-state index contributed by atoms with van der Waals surface area (Å²) < 4.78 is 34.9. The molecule has 19 heteroatoms. The molecule has 2 aliphatic rings. The first-order valence-corrected chi connectivity index (χ1v) is 31.6. The van der Waals surface area contributed by atoms with E-state index < -0.39 is 113 Å². The molecule has 0 aromatic carbocycles. The van der Waals surface area contributed by atoms with E-state index in [0.717, 1.165) is 51.4 Å². The van der Waals surface area contributed by atoms with Crippen LogP contribution in [0, 0.1) is 0 Å². The number of carbonyl (C=O) groups is 1. The fraction of sp³-hybridized carbons (Fsp3) is 0.982. The Kier molecular flexibility index (Phi) is 40.2. The smallest absolute Gasteiger partial charge is 0.394 e. The molecular formula is C56H110NO17P. The number of hydrogen-bond acceptors (Lipinski definition) is 16. The van der Waals surface area contributed by atoms with Crippen molar-refractivity contribution in [2.24, 2.45) is 0 Å². The van der Waals surface area contributed by atoms with Crippen molar-refractivity contribution in [2.45, 2.75) is 337 Å². The molecule has 1 aliphatic heterocycles. The van der Waals surface area contributed by atoms with Gasteiger partial charge in [0.25, 0.3) is 0 Å². The fourth-order valence-electron chi connectivity index (χ4n) is 10.3. The molecular weight excluding hydrogens is 990 g/mol. The van der Waals surface area contributed by atoms with Crippen molar-refractivity contribution in [1.29, 1.82) is 0 Å². The number of hydrogen-bond donors (Lipinski definition) is 12. The summed E-state index contributed by atoms with van der Waals surface area (Å²) in [4.78, 5) is 24.3. The van der Waals surface area contributed by atoms with E-state index in [0.29, 0.717) is 12.8 Å². The first-order valence-electron chi connectivity index (χ1n) is 30.1. The second kappa shape index (κ2) is 42.9. The van der Waals surface area contributed by atoms with Crippen molar-refractivity contribution in [3.63, 3.8) is 0 Å². The van der Waals surface area contributed by atoms with E-state index in [1.165, 1.54) is 161 Å². The van der Waals surface area contributed by atoms with E-state index >= 15 is 0 Å². The number of phosphoric acid groups is 1. The first-order chi connectivity index (χ1) is 36.1. The Hall–Kier alpha value is -0.900. The molecule has 15 atom stereocenters. The normalized spacial score (nSPS) is 27.2. The Morgan fingerprint density at radius 1 is 0.493 bits per heavy atom. The van der Waals surface area contributed by atoms with Crippen LogP contribution in [0.2, 0.25) is 0 Å². The van der Waals surface area contributed by atoms with Crippen LogP contribution in [0.3, 0.4) is 0 Å². The van der Waals surface area contributed by atoms with E-state index in [-0.39, 0.29) is 12.8 Å². The van der Waals surface area contributed by atoms with Crippen molar-refractivity contribution in [3.8, 4) is 0 Å². The van der Waals surface area contributed by atoms with Gasteiger partial charge < -0.3 is 70.7 Å². The number of unbranched alkanes of at least 4 members (excludes halogenated alkanes) is 33. The summed E-state index contributed by atoms with van der Waals surface area (Å²) in [6, 6.07) is -1.31. The van der Waals surface area contributed by atoms with Crippen LogP contribution in [0.4, 0.5) is 0 Å². The minimum absolute atomic E-state index is 0.168. The van der Waals surface area contributed by atoms with Gasteiger partial charge in [-0.05, 0) is 12.8 Å². The van der Waals surface area contributed by atoms with Crippen molar-refractivity contribution in [1.82, 2.24) is 5.32 Å². The highest BCUT2D eigenvalue weighted by molar-refractivity contribution is 7.47. The number of amides is 1. The van der Waals surface area contributed by atoms with Crippen LogP contribution >= 0.6 is 7.82 Å². The van der Waals surface area contributed by atoms with Crippen LogP contribution < -0.4 is 5.32 Å². The summed E-state index contributed by atoms with van der Waals surface area (Å²) in [5, 5.41) is 108. The Morgan fingerprint density at radius 3 is 1.23 bits per heavy atom. The third-order valence-electron chi connectivity index (χ3n) is 15.4. The topological polar surface area (TPSA) is 306 Å². The summed E-state index contributed by atoms with van der Waals surface area (Å²) >= 11 is 0. The van der Waals surface area contributed by atoms with Gasteiger partial charge in [0.15, 0.2) is 6.29 Å². The Balaban J connectivity index is 1.86. The maximum atomic E-state index is 13.6. The number of phosphoric ester groups is 1. The van der Waals surface area contributed by atoms with Crippen molar-refractivity contribution in [2.75, 3.05) is 13.2 Å². The lowest BCUT2D eigenvalue weighted by Crippen LogP contribution is -2.67. The zero-order valence-corrected chi connectivity index (χ0v) is 47.4. The Bertz CT molecular complexity index is 1420. The maximum Gasteiger partial charge on any atom is 0.472 e. The molecule has 1 saturated carbocycles. The molecule has 0 spiro atoms. The molecule has 0 radical (unpaired) electrons. The molecule has 8 unspecified atom stereocenters. The molecule has 2 fully saturated rings. The molecule has 1 saturated heterocycles. The van der Waals surface area contributed by atoms with E-state index in [2.05, 4.69) is 19.2 Å². The van der Waals surface area contributed by atoms with Gasteiger partial charge in [0.2, 0.25) is 5.91 Å². The van der Waals surface area contributed by atoms with Crippen LogP contribution in [0.25, 0.3) is 0 Å². The lowest BCUT2D eigenvalue weighted by atomic mass is 9.84. The first kappa shape index (κ1) is 70.2. The van der Waals surface area contributed by atoms with Gasteiger partial charge in [0.1, 0.15) is 67.1 Å². The zero-order chi connectivity index (χ0) is 55.3. The van der Waals surface area contributed by atoms with Gasteiger partial charge >= 0.3 is 7.82 Å². The Morgan fingerprint density at radius 2 is 0.840 bits per heavy atom. The van der Waals surface area contributed by atoms with Gasteiger partial charge in [0, 0.05) is 0 Å². The van der Waals surface area contributed by atoms with E-state index in [9.17, 15) is 65.3 Å². The number of aliphatic hydroxyl groups excluding tert-OH is 10. The van der Waals surface area contributed by atoms with Crippen molar-refractivity contribution in [3.05, 3.63) is 0 Å². The summed E-state index contributed by atoms with van der Waals surface area (Å²) in [6.07, 6.45) is 17.5. The third kappa shape index (κ3) is 29.9. The molecule has 1 heterocycles. The summed E-state index contributed by atoms with van der Waals surface area (Å²) in [7, 11) is -5.39. The molecule has 0 aromatic rings. The molecule has 12 N–H and O–H groups in total. The minimum atomic E-state index is -5.39. The highest BCUT2D eigenvalue weighted by Crippen LogP contribution is 2.48. The maximum absolute atomic E-state index is 13.6. The average Bonchev–Trinajstić information content (AvgIpc) is 3.39. The lowest BCUT2D eigenvalue weighted by Gasteiger charge is -2.47. The average molecular weight is 1100 g/mol. The molecule has 0 bridgehead atoms. The monoisotopic (exact) mass is 1100 g/mol. The highest BCUT2D eigenvalue weighted by atomic mass is 31.2. The van der Waals surface area contributed by atoms with Crippen molar-refractivity contribution >= 4 is 13.7 Å². The lowest BCUT2D eigenvalue weighted by molar-refractivity contribution is -0.338. The fourth-order valence-corrected chi connectivity index (χ4v) is 11.3. The van der Waals surface area contributed by atoms with E-state index in [1.807, 2.05) is 0 Å². The van der Waals surface area contributed by atoms with E-state index in [1.54, 1.807) is 0 Å². The van der Waals surface area contributed by atoms with Gasteiger partial charge in [-0.25, -0.2) is 4.57 Å². The second-order valence-electron chi connectivity index (χ2n) is 22.0. The van der Waals surface area contributed by atoms with Gasteiger partial charge in [-0.15, -0.1) is 0 Å². The summed E-state index contributed by atoms with van der Waals surface area (Å²) in [5.41, 5.74) is 0. The predicted octanol–water partition coefficient (Wildman–Crippen LogP) is 7.81. The van der Waals surface area contributed by atoms with Crippen LogP contribution in [-0.2, 0) is 27.9 Å². The molecule has 18 nitrogen and oxygen atoms in total. The van der Waals surface area contributed by atoms with Crippen LogP contribution in [0.15, 0.2) is 0 Å². The highest BCUT2D eigenvalue weighted by Gasteiger charge is 2.55. The van der Waals surface area contributed by atoms with Gasteiger partial charge in [-0.2, -0.15) is 0 Å². The van der Waals surface area contributed by atoms with Gasteiger partial charge in [0.05, 0.1) is 25.4 Å². The van der Waals surface area contributed by atoms with Crippen molar-refractivity contribution < 1.29 is 83.8 Å². The SMILES string of the molecule is CCCCCCCCCCCCCCCCCCCCCCCCC(O)C(=O)N[C@@H](COP(=O)(O)O[C@H]1C(O)C(O)C(O)[C@@H](O)C1O[C@H]1O[C@H](CO)[C@@H](O)C(O)C1O)[C@H](O)CCCCCCCCCCCCCCC. The minimum Gasteiger partial charge on any atom is -0.394 e. The van der Waals surface area contributed by atoms with Crippen LogP contribution in [0.1, 0.15) is 251 Å². The second-order valence-corrected chi connectivity index (χ2v) is 23.4. The standard InChI is InChI=1S/C56H110NO17P/c1-3-5-7-9-11-13-15-17-18-19-20-21-22-23-24-25-27-29-31-33-35-37-39-44(60)55(68)57-42(43(59)38-36-34-32-30-28-26-16-14-12-10-8-6-4-2)41-71-75(69,70)74-54-51(66)49(64)48(63)50(65)53(54)73-56-52(67)47(62)46(61)45(40-58)72-56/h42-54,56,58-67H,3-41H2,1-2H3,(H,57,68)(H,69,70)/t42-,43+,44?,45+,46+,47?,48?,49?,50+,51?,52?,53?,54-,56+/m0/s1. The van der Waals surface area contributed by atoms with E-state index in [4.69, 9.17) is 18.5 Å².